The summed E-state index contributed by atoms with van der Waals surface area (Å²) in [6, 6.07) is 7.57. The third-order valence-electron chi connectivity index (χ3n) is 8.12. The Morgan fingerprint density at radius 2 is 1.71 bits per heavy atom. The maximum absolute atomic E-state index is 12.1. The molecule has 0 spiro atoms. The molecule has 0 saturated carbocycles. The first-order chi connectivity index (χ1) is 21.1. The molecule has 8 nitrogen and oxygen atoms in total. The van der Waals surface area contributed by atoms with E-state index in [0.717, 1.165) is 66.0 Å². The number of hydrogen-bond acceptors (Lipinski definition) is 7. The highest BCUT2D eigenvalue weighted by Crippen LogP contribution is 2.41. The average Bonchev–Trinajstić information content (AvgIpc) is 3.23. The largest absolute Gasteiger partial charge is 0.490 e. The van der Waals surface area contributed by atoms with Gasteiger partial charge < -0.3 is 20.3 Å². The predicted molar refractivity (Wildman–Crippen MR) is 169 cm³/mol. The monoisotopic (exact) mass is 650 g/mol. The molecule has 1 unspecified atom stereocenters. The molecule has 0 radical (unpaired) electrons. The fourth-order valence-corrected chi connectivity index (χ4v) is 6.08. The Bertz CT molecular complexity index is 1440. The van der Waals surface area contributed by atoms with Crippen molar-refractivity contribution < 1.29 is 42.1 Å². The van der Waals surface area contributed by atoms with Gasteiger partial charge in [0.2, 0.25) is 0 Å². The number of ether oxygens (including phenoxy) is 2. The first-order valence-corrected chi connectivity index (χ1v) is 15.6. The number of carbonyl (C=O) groups excluding carboxylic acids is 2. The van der Waals surface area contributed by atoms with E-state index >= 15 is 0 Å². The van der Waals surface area contributed by atoms with Crippen LogP contribution in [0.25, 0.3) is 6.08 Å². The molecular weight excluding hydrogens is 609 g/mol. The molecule has 1 atom stereocenters. The second kappa shape index (κ2) is 15.2. The number of alkyl halides is 3. The number of nitrogens with two attached hydrogens (primary N) is 1. The number of carbonyl (C=O) groups is 3. The lowest BCUT2D eigenvalue weighted by molar-refractivity contribution is -0.192. The molecule has 0 aromatic heterocycles. The molecule has 2 aromatic rings. The van der Waals surface area contributed by atoms with Crippen LogP contribution < -0.4 is 15.2 Å². The molecule has 4 rings (SSSR count). The van der Waals surface area contributed by atoms with Crippen LogP contribution in [0.5, 0.6) is 11.5 Å². The predicted octanol–water partition coefficient (Wildman–Crippen LogP) is 7.14. The van der Waals surface area contributed by atoms with Gasteiger partial charge in [-0.25, -0.2) is 4.79 Å². The van der Waals surface area contributed by atoms with Crippen molar-refractivity contribution in [3.63, 3.8) is 0 Å². The summed E-state index contributed by atoms with van der Waals surface area (Å²) in [7, 11) is 1.50. The van der Waals surface area contributed by atoms with Crippen molar-refractivity contribution in [3.05, 3.63) is 62.6 Å². The molecule has 0 bridgehead atoms. The SMILES string of the molecule is Cc1c(C)c2c(c(C)c1CCCCCCN)CCC(C)(COc1ccc(/C=C3\SC(=O)N(C)C3=O)cc1)O2.O=C(O)C(F)(F)F. The standard InChI is InChI=1S/C31H40N2O4S.C2HF3O2/c1-20-21(2)28-26(22(3)25(20)10-8-6-7-9-17-32)15-16-31(4,37-28)19-36-24-13-11-23(12-14-24)18-27-29(34)33(5)30(35)38-27;3-2(4,5)1(6)7/h11-14,18H,6-10,15-17,19,32H2,1-5H3;(H,6,7)/b27-18-;. The van der Waals surface area contributed by atoms with E-state index in [0.29, 0.717) is 11.5 Å². The lowest BCUT2D eigenvalue weighted by atomic mass is 9.84. The van der Waals surface area contributed by atoms with Crippen molar-refractivity contribution in [2.24, 2.45) is 5.73 Å². The third-order valence-corrected chi connectivity index (χ3v) is 9.08. The van der Waals surface area contributed by atoms with E-state index in [9.17, 15) is 22.8 Å². The number of imide groups is 1. The number of likely N-dealkylation sites (N-methyl/N-ethyl adjacent to an activating group) is 1. The van der Waals surface area contributed by atoms with E-state index in [1.807, 2.05) is 24.3 Å². The molecule has 1 saturated heterocycles. The van der Waals surface area contributed by atoms with Crippen LogP contribution in [-0.4, -0.2) is 59.1 Å². The number of fused-ring (bicyclic) bond motifs is 1. The van der Waals surface area contributed by atoms with Gasteiger partial charge in [0.05, 0.1) is 4.91 Å². The Labute approximate surface area is 266 Å². The summed E-state index contributed by atoms with van der Waals surface area (Å²) in [5, 5.41) is 6.87. The second-order valence-corrected chi connectivity index (χ2v) is 12.6. The fraction of sp³-hybridized carbons (Fsp3) is 0.485. The van der Waals surface area contributed by atoms with Gasteiger partial charge in [-0.15, -0.1) is 0 Å². The van der Waals surface area contributed by atoms with E-state index in [1.54, 1.807) is 6.08 Å². The number of carboxylic acids is 1. The average molecular weight is 651 g/mol. The van der Waals surface area contributed by atoms with Crippen LogP contribution in [0.4, 0.5) is 18.0 Å². The molecule has 2 aliphatic heterocycles. The Balaban J connectivity index is 0.000000707. The number of benzene rings is 2. The van der Waals surface area contributed by atoms with Crippen molar-refractivity contribution in [2.75, 3.05) is 20.2 Å². The zero-order valence-electron chi connectivity index (χ0n) is 26.3. The van der Waals surface area contributed by atoms with E-state index in [2.05, 4.69) is 27.7 Å². The lowest BCUT2D eigenvalue weighted by Crippen LogP contribution is -2.42. The lowest BCUT2D eigenvalue weighted by Gasteiger charge is -2.38. The van der Waals surface area contributed by atoms with Crippen molar-refractivity contribution in [3.8, 4) is 11.5 Å². The Morgan fingerprint density at radius 1 is 1.09 bits per heavy atom. The van der Waals surface area contributed by atoms with Crippen molar-refractivity contribution in [1.82, 2.24) is 4.90 Å². The third kappa shape index (κ3) is 9.26. The summed E-state index contributed by atoms with van der Waals surface area (Å²) in [6.07, 6.45) is 4.39. The van der Waals surface area contributed by atoms with Crippen LogP contribution in [0.3, 0.4) is 0 Å². The summed E-state index contributed by atoms with van der Waals surface area (Å²) in [6.45, 7) is 10.0. The first kappa shape index (κ1) is 36.0. The van der Waals surface area contributed by atoms with E-state index in [1.165, 1.54) is 54.1 Å². The minimum atomic E-state index is -5.08. The summed E-state index contributed by atoms with van der Waals surface area (Å²) < 4.78 is 44.6. The number of amides is 2. The van der Waals surface area contributed by atoms with Crippen LogP contribution in [0, 0.1) is 20.8 Å². The molecule has 0 aliphatic carbocycles. The number of hydrogen-bond donors (Lipinski definition) is 2. The molecule has 2 heterocycles. The van der Waals surface area contributed by atoms with Crippen LogP contribution in [-0.2, 0) is 22.4 Å². The number of thioether (sulfide) groups is 1. The number of aliphatic carboxylic acids is 1. The molecule has 12 heteroatoms. The topological polar surface area (TPSA) is 119 Å². The van der Waals surface area contributed by atoms with Gasteiger partial charge in [0.1, 0.15) is 23.7 Å². The minimum Gasteiger partial charge on any atom is -0.489 e. The number of nitrogens with zero attached hydrogens (tertiary/aromatic N) is 1. The number of rotatable bonds is 10. The smallest absolute Gasteiger partial charge is 0.489 e. The maximum Gasteiger partial charge on any atom is 0.490 e. The summed E-state index contributed by atoms with van der Waals surface area (Å²) >= 11 is 0.961. The summed E-state index contributed by atoms with van der Waals surface area (Å²) in [4.78, 5) is 34.3. The van der Waals surface area contributed by atoms with Gasteiger partial charge in [-0.05, 0) is 130 Å². The highest BCUT2D eigenvalue weighted by atomic mass is 32.2. The first-order valence-electron chi connectivity index (χ1n) is 14.8. The molecule has 2 aromatic carbocycles. The van der Waals surface area contributed by atoms with Gasteiger partial charge in [0.25, 0.3) is 11.1 Å². The molecule has 2 amide bonds. The van der Waals surface area contributed by atoms with Gasteiger partial charge in [0.15, 0.2) is 0 Å². The van der Waals surface area contributed by atoms with Crippen molar-refractivity contribution in [1.29, 1.82) is 0 Å². The molecule has 246 valence electrons. The van der Waals surface area contributed by atoms with Gasteiger partial charge in [-0.2, -0.15) is 13.2 Å². The number of unbranched alkanes of at least 4 members (excludes halogenated alkanes) is 3. The van der Waals surface area contributed by atoms with Gasteiger partial charge in [-0.3, -0.25) is 14.5 Å². The normalized spacial score (nSPS) is 18.8. The maximum atomic E-state index is 12.1. The Kier molecular flexibility index (Phi) is 12.1. The van der Waals surface area contributed by atoms with Gasteiger partial charge in [-0.1, -0.05) is 25.0 Å². The molecule has 1 fully saturated rings. The van der Waals surface area contributed by atoms with Crippen LogP contribution >= 0.6 is 11.8 Å². The van der Waals surface area contributed by atoms with Gasteiger partial charge in [0, 0.05) is 7.05 Å². The summed E-state index contributed by atoms with van der Waals surface area (Å²) in [5.74, 6) is -1.24. The van der Waals surface area contributed by atoms with Crippen molar-refractivity contribution >= 4 is 35.0 Å². The van der Waals surface area contributed by atoms with E-state index < -0.39 is 17.7 Å². The van der Waals surface area contributed by atoms with E-state index in [4.69, 9.17) is 25.1 Å². The van der Waals surface area contributed by atoms with Crippen LogP contribution in [0.1, 0.15) is 72.4 Å². The highest BCUT2D eigenvalue weighted by Gasteiger charge is 2.38. The Hall–Kier alpha value is -3.51. The van der Waals surface area contributed by atoms with Crippen molar-refractivity contribution in [2.45, 2.75) is 84.4 Å². The van der Waals surface area contributed by atoms with E-state index in [-0.39, 0.29) is 11.1 Å². The highest BCUT2D eigenvalue weighted by molar-refractivity contribution is 8.18. The second-order valence-electron chi connectivity index (χ2n) is 11.6. The minimum absolute atomic E-state index is 0.251. The zero-order valence-corrected chi connectivity index (χ0v) is 27.1. The van der Waals surface area contributed by atoms with Gasteiger partial charge >= 0.3 is 12.1 Å². The fourth-order valence-electron chi connectivity index (χ4n) is 5.25. The Morgan fingerprint density at radius 3 is 2.27 bits per heavy atom. The molecule has 3 N–H and O–H groups in total. The van der Waals surface area contributed by atoms with Crippen LogP contribution in [0.2, 0.25) is 0 Å². The quantitative estimate of drug-likeness (QED) is 0.206. The molecule has 45 heavy (non-hydrogen) atoms. The molecular formula is C33H41F3N2O6S. The molecule has 2 aliphatic rings. The van der Waals surface area contributed by atoms with Crippen LogP contribution in [0.15, 0.2) is 29.2 Å². The zero-order chi connectivity index (χ0) is 33.5. The number of carboxylic acid groups (broad SMARTS) is 1. The number of halogens is 3. The summed E-state index contributed by atoms with van der Waals surface area (Å²) in [5.41, 5.74) is 12.9.